The maximum Gasteiger partial charge on any atom is 0.410 e. The van der Waals surface area contributed by atoms with E-state index in [9.17, 15) is 9.59 Å². The Kier molecular flexibility index (Phi) is 5.89. The van der Waals surface area contributed by atoms with Crippen LogP contribution >= 0.6 is 0 Å². The number of likely N-dealkylation sites (tertiary alicyclic amines) is 1. The SMILES string of the molecule is CC(C)(C)OC(=O)N1CCC(C=O)CC1.c1cnc2[nH]ncc2c1. The number of carbonyl (C=O) groups excluding carboxylic acids is 2. The third-order valence-electron chi connectivity index (χ3n) is 3.60. The summed E-state index contributed by atoms with van der Waals surface area (Å²) < 4.78 is 5.24. The van der Waals surface area contributed by atoms with E-state index in [2.05, 4.69) is 15.2 Å². The fourth-order valence-corrected chi connectivity index (χ4v) is 2.32. The van der Waals surface area contributed by atoms with Gasteiger partial charge in [-0.2, -0.15) is 5.10 Å². The van der Waals surface area contributed by atoms with Crippen LogP contribution in [0.15, 0.2) is 24.5 Å². The molecule has 0 aromatic carbocycles. The second kappa shape index (κ2) is 7.90. The van der Waals surface area contributed by atoms with Gasteiger partial charge in [0, 0.05) is 30.6 Å². The van der Waals surface area contributed by atoms with Crippen molar-refractivity contribution < 1.29 is 14.3 Å². The van der Waals surface area contributed by atoms with Gasteiger partial charge in [-0.25, -0.2) is 9.78 Å². The van der Waals surface area contributed by atoms with Gasteiger partial charge in [-0.3, -0.25) is 5.10 Å². The molecule has 0 unspecified atom stereocenters. The number of nitrogens with zero attached hydrogens (tertiary/aromatic N) is 3. The highest BCUT2D eigenvalue weighted by molar-refractivity contribution is 5.72. The second-order valence-corrected chi connectivity index (χ2v) is 6.75. The Morgan fingerprint density at radius 3 is 2.67 bits per heavy atom. The van der Waals surface area contributed by atoms with Crippen molar-refractivity contribution in [2.24, 2.45) is 5.92 Å². The lowest BCUT2D eigenvalue weighted by Crippen LogP contribution is -2.41. The highest BCUT2D eigenvalue weighted by atomic mass is 16.6. The molecular formula is C17H24N4O3. The molecule has 0 radical (unpaired) electrons. The zero-order valence-electron chi connectivity index (χ0n) is 14.4. The molecule has 0 bridgehead atoms. The normalized spacial score (nSPS) is 15.5. The molecule has 2 aromatic heterocycles. The molecule has 1 aliphatic heterocycles. The van der Waals surface area contributed by atoms with E-state index < -0.39 is 5.60 Å². The highest BCUT2D eigenvalue weighted by Gasteiger charge is 2.26. The molecule has 1 amide bonds. The largest absolute Gasteiger partial charge is 0.444 e. The lowest BCUT2D eigenvalue weighted by atomic mass is 9.99. The number of rotatable bonds is 1. The van der Waals surface area contributed by atoms with Crippen LogP contribution < -0.4 is 0 Å². The van der Waals surface area contributed by atoms with E-state index in [1.54, 1.807) is 17.3 Å². The van der Waals surface area contributed by atoms with Crippen LogP contribution in [0.1, 0.15) is 33.6 Å². The van der Waals surface area contributed by atoms with Crippen LogP contribution in [0.25, 0.3) is 11.0 Å². The molecule has 1 fully saturated rings. The van der Waals surface area contributed by atoms with Gasteiger partial charge >= 0.3 is 6.09 Å². The van der Waals surface area contributed by atoms with E-state index in [0.717, 1.165) is 30.2 Å². The topological polar surface area (TPSA) is 88.2 Å². The van der Waals surface area contributed by atoms with Crippen LogP contribution in [0.4, 0.5) is 4.79 Å². The summed E-state index contributed by atoms with van der Waals surface area (Å²) in [5.74, 6) is 0.115. The summed E-state index contributed by atoms with van der Waals surface area (Å²) in [4.78, 5) is 27.8. The van der Waals surface area contributed by atoms with Gasteiger partial charge in [0.05, 0.1) is 6.20 Å². The number of fused-ring (bicyclic) bond motifs is 1. The second-order valence-electron chi connectivity index (χ2n) is 6.75. The van der Waals surface area contributed by atoms with Crippen molar-refractivity contribution in [3.63, 3.8) is 0 Å². The van der Waals surface area contributed by atoms with Crippen LogP contribution in [0.5, 0.6) is 0 Å². The lowest BCUT2D eigenvalue weighted by Gasteiger charge is -2.31. The Balaban J connectivity index is 0.000000194. The van der Waals surface area contributed by atoms with Crippen molar-refractivity contribution in [1.82, 2.24) is 20.1 Å². The average molecular weight is 332 g/mol. The number of aldehydes is 1. The van der Waals surface area contributed by atoms with Crippen molar-refractivity contribution >= 4 is 23.4 Å². The van der Waals surface area contributed by atoms with Gasteiger partial charge < -0.3 is 14.4 Å². The van der Waals surface area contributed by atoms with Crippen LogP contribution in [-0.4, -0.2) is 51.2 Å². The first-order chi connectivity index (χ1) is 11.4. The predicted molar refractivity (Wildman–Crippen MR) is 90.5 cm³/mol. The summed E-state index contributed by atoms with van der Waals surface area (Å²) in [5, 5.41) is 7.63. The number of piperidine rings is 1. The number of H-pyrrole nitrogens is 1. The van der Waals surface area contributed by atoms with Gasteiger partial charge in [0.2, 0.25) is 0 Å². The molecule has 130 valence electrons. The van der Waals surface area contributed by atoms with Crippen molar-refractivity contribution in [2.45, 2.75) is 39.2 Å². The van der Waals surface area contributed by atoms with Gasteiger partial charge in [-0.1, -0.05) is 0 Å². The molecule has 24 heavy (non-hydrogen) atoms. The number of hydrogen-bond acceptors (Lipinski definition) is 5. The number of hydrogen-bond donors (Lipinski definition) is 1. The lowest BCUT2D eigenvalue weighted by molar-refractivity contribution is -0.112. The zero-order chi connectivity index (χ0) is 17.6. The van der Waals surface area contributed by atoms with Crippen molar-refractivity contribution in [3.05, 3.63) is 24.5 Å². The Morgan fingerprint density at radius 1 is 1.38 bits per heavy atom. The quantitative estimate of drug-likeness (QED) is 0.811. The number of pyridine rings is 1. The number of carbonyl (C=O) groups is 2. The van der Waals surface area contributed by atoms with Crippen molar-refractivity contribution in [3.8, 4) is 0 Å². The third kappa shape index (κ3) is 5.33. The summed E-state index contributed by atoms with van der Waals surface area (Å²) in [7, 11) is 0. The minimum Gasteiger partial charge on any atom is -0.444 e. The molecule has 0 saturated carbocycles. The van der Waals surface area contributed by atoms with E-state index in [-0.39, 0.29) is 12.0 Å². The van der Waals surface area contributed by atoms with Crippen molar-refractivity contribution in [1.29, 1.82) is 0 Å². The molecule has 3 heterocycles. The van der Waals surface area contributed by atoms with Gasteiger partial charge in [-0.15, -0.1) is 0 Å². The first-order valence-electron chi connectivity index (χ1n) is 8.06. The molecule has 1 saturated heterocycles. The molecule has 0 spiro atoms. The first kappa shape index (κ1) is 17.9. The van der Waals surface area contributed by atoms with Crippen molar-refractivity contribution in [2.75, 3.05) is 13.1 Å². The molecule has 2 aromatic rings. The van der Waals surface area contributed by atoms with E-state index >= 15 is 0 Å². The standard InChI is InChI=1S/C11H19NO3.C6H5N3/c1-11(2,3)15-10(14)12-6-4-9(8-13)5-7-12;1-2-5-4-8-9-6(5)7-3-1/h8-9H,4-7H2,1-3H3;1-4H,(H,7,8,9). The van der Waals surface area contributed by atoms with Gasteiger partial charge in [0.25, 0.3) is 0 Å². The predicted octanol–water partition coefficient (Wildman–Crippen LogP) is 2.79. The number of aromatic nitrogens is 3. The van der Waals surface area contributed by atoms with Gasteiger partial charge in [0.15, 0.2) is 5.65 Å². The van der Waals surface area contributed by atoms with Crippen LogP contribution in [0.2, 0.25) is 0 Å². The first-order valence-corrected chi connectivity index (χ1v) is 8.06. The summed E-state index contributed by atoms with van der Waals surface area (Å²) in [6.45, 7) is 6.80. The van der Waals surface area contributed by atoms with Crippen LogP contribution in [-0.2, 0) is 9.53 Å². The Labute approximate surface area is 141 Å². The minimum atomic E-state index is -0.446. The van der Waals surface area contributed by atoms with Crippen LogP contribution in [0.3, 0.4) is 0 Å². The van der Waals surface area contributed by atoms with Gasteiger partial charge in [-0.05, 0) is 45.7 Å². The molecule has 1 N–H and O–H groups in total. The summed E-state index contributed by atoms with van der Waals surface area (Å²) >= 11 is 0. The molecule has 0 aliphatic carbocycles. The zero-order valence-corrected chi connectivity index (χ0v) is 14.4. The Hall–Kier alpha value is -2.44. The smallest absolute Gasteiger partial charge is 0.410 e. The number of nitrogens with one attached hydrogen (secondary N) is 1. The molecule has 1 aliphatic rings. The summed E-state index contributed by atoms with van der Waals surface area (Å²) in [6.07, 6.45) is 5.70. The fourth-order valence-electron chi connectivity index (χ4n) is 2.32. The average Bonchev–Trinajstić information content (AvgIpc) is 3.02. The Bertz CT molecular complexity index is 640. The highest BCUT2D eigenvalue weighted by Crippen LogP contribution is 2.17. The summed E-state index contributed by atoms with van der Waals surface area (Å²) in [5.41, 5.74) is 0.399. The van der Waals surface area contributed by atoms with E-state index in [1.165, 1.54) is 0 Å². The Morgan fingerprint density at radius 2 is 2.08 bits per heavy atom. The monoisotopic (exact) mass is 332 g/mol. The molecule has 3 rings (SSSR count). The maximum atomic E-state index is 11.6. The summed E-state index contributed by atoms with van der Waals surface area (Å²) in [6, 6.07) is 3.85. The van der Waals surface area contributed by atoms with Crippen LogP contribution in [0, 0.1) is 5.92 Å². The molecular weight excluding hydrogens is 308 g/mol. The third-order valence-corrected chi connectivity index (χ3v) is 3.60. The number of aromatic amines is 1. The number of ether oxygens (including phenoxy) is 1. The molecule has 7 nitrogen and oxygen atoms in total. The van der Waals surface area contributed by atoms with E-state index in [0.29, 0.717) is 13.1 Å². The maximum absolute atomic E-state index is 11.6. The molecule has 0 atom stereocenters. The minimum absolute atomic E-state index is 0.115. The fraction of sp³-hybridized carbons (Fsp3) is 0.529. The number of amides is 1. The van der Waals surface area contributed by atoms with Gasteiger partial charge in [0.1, 0.15) is 11.9 Å². The van der Waals surface area contributed by atoms with E-state index in [1.807, 2.05) is 32.9 Å². The van der Waals surface area contributed by atoms with E-state index in [4.69, 9.17) is 4.74 Å². The molecule has 7 heteroatoms.